The number of nitrogens with zero attached hydrogens (tertiary/aromatic N) is 4. The molecule has 0 aromatic heterocycles. The third-order valence-electron chi connectivity index (χ3n) is 5.40. The van der Waals surface area contributed by atoms with Crippen molar-refractivity contribution in [1.29, 1.82) is 0 Å². The van der Waals surface area contributed by atoms with Gasteiger partial charge in [0.15, 0.2) is 5.17 Å². The molecule has 3 rings (SSSR count). The number of ether oxygens (including phenoxy) is 2. The summed E-state index contributed by atoms with van der Waals surface area (Å²) < 4.78 is 10.5. The molecule has 0 radical (unpaired) electrons. The molecule has 0 spiro atoms. The molecule has 1 atom stereocenters. The first kappa shape index (κ1) is 26.7. The van der Waals surface area contributed by atoms with Crippen molar-refractivity contribution in [1.82, 2.24) is 9.80 Å². The molecule has 1 aliphatic heterocycles. The maximum absolute atomic E-state index is 13.5. The number of thioether (sulfide) groups is 1. The van der Waals surface area contributed by atoms with E-state index < -0.39 is 23.0 Å². The lowest BCUT2D eigenvalue weighted by Crippen LogP contribution is -2.47. The van der Waals surface area contributed by atoms with Gasteiger partial charge in [-0.15, -0.1) is 0 Å². The summed E-state index contributed by atoms with van der Waals surface area (Å²) >= 11 is 1.32. The zero-order chi connectivity index (χ0) is 26.4. The van der Waals surface area contributed by atoms with E-state index in [1.807, 2.05) is 24.3 Å². The van der Waals surface area contributed by atoms with Crippen LogP contribution in [0.2, 0.25) is 0 Å². The molecule has 190 valence electrons. The number of hydrogen-bond donors (Lipinski definition) is 0. The Morgan fingerprint density at radius 3 is 2.47 bits per heavy atom. The van der Waals surface area contributed by atoms with Crippen molar-refractivity contribution >= 4 is 34.6 Å². The first-order valence-corrected chi connectivity index (χ1v) is 12.1. The molecule has 0 saturated carbocycles. The fourth-order valence-electron chi connectivity index (χ4n) is 3.67. The Bertz CT molecular complexity index is 1210. The van der Waals surface area contributed by atoms with Crippen molar-refractivity contribution in [2.45, 2.75) is 25.6 Å². The number of esters is 1. The van der Waals surface area contributed by atoms with Crippen molar-refractivity contribution in [3.63, 3.8) is 0 Å². The second-order valence-corrected chi connectivity index (χ2v) is 8.99. The Morgan fingerprint density at radius 2 is 1.89 bits per heavy atom. The average Bonchev–Trinajstić information content (AvgIpc) is 2.86. The number of benzene rings is 2. The topological polar surface area (TPSA) is 115 Å². The average molecular weight is 513 g/mol. The van der Waals surface area contributed by atoms with Crippen LogP contribution in [0.3, 0.4) is 0 Å². The van der Waals surface area contributed by atoms with Gasteiger partial charge in [-0.05, 0) is 37.1 Å². The monoisotopic (exact) mass is 512 g/mol. The molecule has 0 N–H and O–H groups in total. The van der Waals surface area contributed by atoms with Crippen LogP contribution in [0.25, 0.3) is 0 Å². The van der Waals surface area contributed by atoms with Crippen molar-refractivity contribution in [2.24, 2.45) is 4.99 Å². The Balaban J connectivity index is 2.12. The van der Waals surface area contributed by atoms with E-state index in [1.165, 1.54) is 39.8 Å². The number of amides is 2. The summed E-state index contributed by atoms with van der Waals surface area (Å²) in [6.07, 6.45) is 0. The van der Waals surface area contributed by atoms with Gasteiger partial charge in [0, 0.05) is 32.0 Å². The molecule has 2 aromatic carbocycles. The summed E-state index contributed by atoms with van der Waals surface area (Å²) in [6.45, 7) is 3.48. The van der Waals surface area contributed by atoms with Gasteiger partial charge in [0.2, 0.25) is 0 Å². The first-order valence-electron chi connectivity index (χ1n) is 11.1. The van der Waals surface area contributed by atoms with Crippen molar-refractivity contribution in [3.8, 4) is 5.75 Å². The number of amidine groups is 1. The largest absolute Gasteiger partial charge is 0.497 e. The van der Waals surface area contributed by atoms with E-state index in [1.54, 1.807) is 41.1 Å². The number of nitro groups is 1. The highest BCUT2D eigenvalue weighted by atomic mass is 32.2. The van der Waals surface area contributed by atoms with Gasteiger partial charge in [-0.25, -0.2) is 14.6 Å². The van der Waals surface area contributed by atoms with Crippen LogP contribution in [-0.2, 0) is 15.3 Å². The number of carbonyl (C=O) groups excluding carboxylic acids is 2. The minimum absolute atomic E-state index is 0.127. The van der Waals surface area contributed by atoms with E-state index in [-0.39, 0.29) is 17.9 Å². The number of aliphatic imine (C=N–C) groups is 1. The number of rotatable bonds is 7. The Morgan fingerprint density at radius 1 is 1.19 bits per heavy atom. The molecule has 0 fully saturated rings. The standard InChI is InChI=1S/C25H28N4O6S/c1-6-35-23(30)21-16(2)26-24(36-15-17-10-12-20(34-5)13-11-17)28(25(31)27(3)4)22(21)18-8-7-9-19(14-18)29(32)33/h7-14,22H,6,15H2,1-5H3. The van der Waals surface area contributed by atoms with Crippen LogP contribution in [0, 0.1) is 10.1 Å². The predicted molar refractivity (Wildman–Crippen MR) is 138 cm³/mol. The van der Waals surface area contributed by atoms with Crippen molar-refractivity contribution < 1.29 is 24.0 Å². The van der Waals surface area contributed by atoms with E-state index in [9.17, 15) is 19.7 Å². The summed E-state index contributed by atoms with van der Waals surface area (Å²) in [6, 6.07) is 12.0. The quantitative estimate of drug-likeness (QED) is 0.298. The molecule has 10 nitrogen and oxygen atoms in total. The third-order valence-corrected chi connectivity index (χ3v) is 6.42. The van der Waals surface area contributed by atoms with Crippen LogP contribution >= 0.6 is 11.8 Å². The first-order chi connectivity index (χ1) is 17.2. The number of urea groups is 1. The lowest BCUT2D eigenvalue weighted by atomic mass is 9.94. The fraction of sp³-hybridized carbons (Fsp3) is 0.320. The number of carbonyl (C=O) groups is 2. The number of hydrogen-bond acceptors (Lipinski definition) is 8. The Hall–Kier alpha value is -3.86. The molecule has 0 saturated heterocycles. The van der Waals surface area contributed by atoms with Crippen LogP contribution in [0.5, 0.6) is 5.75 Å². The molecule has 1 aliphatic rings. The molecule has 11 heteroatoms. The van der Waals surface area contributed by atoms with Gasteiger partial charge in [0.05, 0.1) is 29.9 Å². The van der Waals surface area contributed by atoms with Gasteiger partial charge in [0.25, 0.3) is 5.69 Å². The highest BCUT2D eigenvalue weighted by molar-refractivity contribution is 8.13. The molecule has 1 unspecified atom stereocenters. The second kappa shape index (κ2) is 11.7. The van der Waals surface area contributed by atoms with Crippen LogP contribution in [0.1, 0.15) is 31.0 Å². The van der Waals surface area contributed by atoms with Gasteiger partial charge in [-0.2, -0.15) is 0 Å². The summed E-state index contributed by atoms with van der Waals surface area (Å²) in [4.78, 5) is 44.9. The van der Waals surface area contributed by atoms with Gasteiger partial charge in [0.1, 0.15) is 11.8 Å². The van der Waals surface area contributed by atoms with Crippen molar-refractivity contribution in [2.75, 3.05) is 27.8 Å². The van der Waals surface area contributed by atoms with Crippen LogP contribution in [-0.4, -0.2) is 59.7 Å². The SMILES string of the molecule is CCOC(=O)C1=C(C)N=C(SCc2ccc(OC)cc2)N(C(=O)N(C)C)C1c1cccc([N+](=O)[O-])c1. The summed E-state index contributed by atoms with van der Waals surface area (Å²) in [5, 5.41) is 11.9. The van der Waals surface area contributed by atoms with Crippen LogP contribution in [0.15, 0.2) is 64.8 Å². The zero-order valence-electron chi connectivity index (χ0n) is 20.8. The molecule has 36 heavy (non-hydrogen) atoms. The molecule has 1 heterocycles. The van der Waals surface area contributed by atoms with Gasteiger partial charge in [-0.1, -0.05) is 36.0 Å². The third kappa shape index (κ3) is 5.85. The Kier molecular flexibility index (Phi) is 8.70. The number of non-ortho nitro benzene ring substituents is 1. The van der Waals surface area contributed by atoms with Crippen LogP contribution in [0.4, 0.5) is 10.5 Å². The van der Waals surface area contributed by atoms with E-state index >= 15 is 0 Å². The van der Waals surface area contributed by atoms with Gasteiger partial charge >= 0.3 is 12.0 Å². The van der Waals surface area contributed by atoms with Crippen LogP contribution < -0.4 is 4.74 Å². The summed E-state index contributed by atoms with van der Waals surface area (Å²) in [5.74, 6) is 0.585. The maximum Gasteiger partial charge on any atom is 0.338 e. The molecule has 0 aliphatic carbocycles. The normalized spacial score (nSPS) is 15.3. The second-order valence-electron chi connectivity index (χ2n) is 8.05. The molecular formula is C25H28N4O6S. The minimum atomic E-state index is -0.963. The zero-order valence-corrected chi connectivity index (χ0v) is 21.6. The smallest absolute Gasteiger partial charge is 0.338 e. The van der Waals surface area contributed by atoms with Gasteiger partial charge < -0.3 is 14.4 Å². The molecule has 2 amide bonds. The lowest BCUT2D eigenvalue weighted by Gasteiger charge is -2.38. The fourth-order valence-corrected chi connectivity index (χ4v) is 4.68. The van der Waals surface area contributed by atoms with E-state index in [4.69, 9.17) is 9.47 Å². The minimum Gasteiger partial charge on any atom is -0.497 e. The van der Waals surface area contributed by atoms with E-state index in [0.717, 1.165) is 11.3 Å². The summed E-state index contributed by atoms with van der Waals surface area (Å²) in [7, 11) is 4.77. The van der Waals surface area contributed by atoms with E-state index in [0.29, 0.717) is 22.2 Å². The lowest BCUT2D eigenvalue weighted by molar-refractivity contribution is -0.384. The van der Waals surface area contributed by atoms with E-state index in [2.05, 4.69) is 4.99 Å². The molecule has 0 bridgehead atoms. The van der Waals surface area contributed by atoms with Crippen molar-refractivity contribution in [3.05, 3.63) is 81.0 Å². The maximum atomic E-state index is 13.5. The number of nitro benzene ring substituents is 1. The number of allylic oxidation sites excluding steroid dienone is 1. The summed E-state index contributed by atoms with van der Waals surface area (Å²) in [5.41, 5.74) is 1.76. The molecular weight excluding hydrogens is 484 g/mol. The highest BCUT2D eigenvalue weighted by Crippen LogP contribution is 2.40. The molecule has 2 aromatic rings. The predicted octanol–water partition coefficient (Wildman–Crippen LogP) is 4.77. The Labute approximate surface area is 213 Å². The van der Waals surface area contributed by atoms with Gasteiger partial charge in [-0.3, -0.25) is 15.0 Å². The number of methoxy groups -OCH3 is 1. The highest BCUT2D eigenvalue weighted by Gasteiger charge is 2.41.